The molecule has 0 aliphatic rings. The first kappa shape index (κ1) is 14.0. The maximum Gasteiger partial charge on any atom is 0 e. The Morgan fingerprint density at radius 3 is 2.38 bits per heavy atom. The van der Waals surface area contributed by atoms with Gasteiger partial charge in [0.1, 0.15) is 0 Å². The minimum Gasteiger partial charge on any atom is -0.676 e. The third-order valence-electron chi connectivity index (χ3n) is 3.00. The maximum atomic E-state index is 6.94. The van der Waals surface area contributed by atoms with Crippen LogP contribution in [0.2, 0.25) is 1.41 Å². The number of nitrogens with zero attached hydrogens (tertiary/aromatic N) is 1. The van der Waals surface area contributed by atoms with Crippen LogP contribution in [0.25, 0.3) is 5.73 Å². The van der Waals surface area contributed by atoms with Crippen molar-refractivity contribution in [1.82, 2.24) is 4.90 Å². The van der Waals surface area contributed by atoms with Crippen molar-refractivity contribution in [3.8, 4) is 0 Å². The summed E-state index contributed by atoms with van der Waals surface area (Å²) >= 11 is 0. The number of nitrogens with one attached hydrogen (secondary N) is 1. The van der Waals surface area contributed by atoms with Gasteiger partial charge >= 0.3 is 0 Å². The number of rotatable bonds is 6. The monoisotopic (exact) mass is 261 g/mol. The molecule has 13 heavy (non-hydrogen) atoms. The number of hydrogen-bond donors (Lipinski definition) is 0. The van der Waals surface area contributed by atoms with Crippen molar-refractivity contribution in [3.05, 3.63) is 11.8 Å². The minimum absolute atomic E-state index is 0. The van der Waals surface area contributed by atoms with E-state index in [0.717, 1.165) is 12.8 Å². The Morgan fingerprint density at radius 1 is 1.54 bits per heavy atom. The fraction of sp³-hybridized carbons (Fsp3) is 0.900. The fourth-order valence-corrected chi connectivity index (χ4v) is 1.15. The molecule has 1 radical (unpaired) electrons. The summed E-state index contributed by atoms with van der Waals surface area (Å²) in [5.41, 5.74) is 3.53. The molecule has 3 heteroatoms. The predicted octanol–water partition coefficient (Wildman–Crippen LogP) is 3.10. The minimum atomic E-state index is 0. The summed E-state index contributed by atoms with van der Waals surface area (Å²) < 4.78 is 6.94. The summed E-state index contributed by atoms with van der Waals surface area (Å²) in [4.78, 5) is 2.26. The van der Waals surface area contributed by atoms with Crippen LogP contribution < -0.4 is 0 Å². The molecule has 1 N–H and O–H groups in total. The van der Waals surface area contributed by atoms with Gasteiger partial charge in [-0.1, -0.05) is 20.8 Å². The van der Waals surface area contributed by atoms with Gasteiger partial charge in [-0.2, -0.15) is 14.8 Å². The molecule has 77 valence electrons. The Balaban J connectivity index is 0. The zero-order chi connectivity index (χ0) is 10.5. The molecule has 0 saturated heterocycles. The molecule has 0 aromatic carbocycles. The van der Waals surface area contributed by atoms with Crippen LogP contribution in [-0.4, -0.2) is 24.0 Å². The van der Waals surface area contributed by atoms with Crippen molar-refractivity contribution in [3.63, 3.8) is 0 Å². The Hall–Kier alpha value is 1.02. The zero-order valence-corrected chi connectivity index (χ0v) is 12.4. The molecule has 0 rings (SSSR count). The molecule has 0 fully saturated rings. The van der Waals surface area contributed by atoms with Gasteiger partial charge in [0.05, 0.1) is 0 Å². The van der Waals surface area contributed by atoms with Crippen molar-refractivity contribution < 1.29 is 34.1 Å². The molecule has 0 aliphatic heterocycles. The summed E-state index contributed by atoms with van der Waals surface area (Å²) in [7, 11) is 2.09. The summed E-state index contributed by atoms with van der Waals surface area (Å²) in [6, 6.07) is 1.35. The van der Waals surface area contributed by atoms with Crippen LogP contribution in [0, 0.1) is 6.04 Å². The second-order valence-electron chi connectivity index (χ2n) is 3.66. The van der Waals surface area contributed by atoms with E-state index in [4.69, 9.17) is 1.41 Å². The maximum absolute atomic E-state index is 6.94. The second-order valence-corrected chi connectivity index (χ2v) is 3.66. The van der Waals surface area contributed by atoms with Crippen LogP contribution in [0.5, 0.6) is 0 Å². The van der Waals surface area contributed by atoms with Gasteiger partial charge in [-0.05, 0) is 19.0 Å². The van der Waals surface area contributed by atoms with E-state index in [1.165, 1.54) is 6.04 Å². The van der Waals surface area contributed by atoms with Crippen molar-refractivity contribution in [2.45, 2.75) is 46.1 Å². The third kappa shape index (κ3) is 4.37. The van der Waals surface area contributed by atoms with E-state index in [0.29, 0.717) is 6.54 Å². The molecular formula is C10H22N2Y-2. The predicted molar refractivity (Wildman–Crippen MR) is 54.9 cm³/mol. The quantitative estimate of drug-likeness (QED) is 0.675. The molecule has 1 atom stereocenters. The first-order valence-corrected chi connectivity index (χ1v) is 4.69. The van der Waals surface area contributed by atoms with Gasteiger partial charge in [0, 0.05) is 32.7 Å². The van der Waals surface area contributed by atoms with Gasteiger partial charge in [-0.25, -0.2) is 0 Å². The van der Waals surface area contributed by atoms with E-state index >= 15 is 0 Å². The van der Waals surface area contributed by atoms with Gasteiger partial charge in [-0.3, -0.25) is 6.04 Å². The van der Waals surface area contributed by atoms with Crippen LogP contribution in [0.1, 0.15) is 40.5 Å². The van der Waals surface area contributed by atoms with Gasteiger partial charge in [0.25, 0.3) is 0 Å². The summed E-state index contributed by atoms with van der Waals surface area (Å²) in [6.07, 6.45) is 2.08. The number of hydrogen-bond acceptors (Lipinski definition) is 1. The first-order chi connectivity index (χ1) is 6.01. The van der Waals surface area contributed by atoms with Crippen LogP contribution in [0.4, 0.5) is 0 Å². The van der Waals surface area contributed by atoms with Gasteiger partial charge in [0.2, 0.25) is 0 Å². The van der Waals surface area contributed by atoms with Gasteiger partial charge < -0.3 is 10.6 Å². The standard InChI is InChI=1S/C10H22N2.Y/c1-6-9(3)12(5)10(4,7-2)8-11;/h11H,6-8H2,1-5H3;/q-2;/i/hT. The van der Waals surface area contributed by atoms with Crippen LogP contribution >= 0.6 is 0 Å². The molecule has 0 heterocycles. The smallest absolute Gasteiger partial charge is 0 e. The molecule has 2 nitrogen and oxygen atoms in total. The Kier molecular flexibility index (Phi) is 7.91. The topological polar surface area (TPSA) is 27.0 Å². The molecule has 0 amide bonds. The normalized spacial score (nSPS) is 16.7. The molecule has 0 saturated carbocycles. The average Bonchev–Trinajstić information content (AvgIpc) is 2.15. The first-order valence-electron chi connectivity index (χ1n) is 5.13. The third-order valence-corrected chi connectivity index (χ3v) is 3.00. The van der Waals surface area contributed by atoms with E-state index in [1.807, 2.05) is 0 Å². The van der Waals surface area contributed by atoms with Crippen molar-refractivity contribution in [2.24, 2.45) is 0 Å². The summed E-state index contributed by atoms with van der Waals surface area (Å²) in [5, 5.41) is 0. The Labute approximate surface area is 110 Å². The van der Waals surface area contributed by atoms with Crippen LogP contribution in [0.15, 0.2) is 0 Å². The van der Waals surface area contributed by atoms with E-state index < -0.39 is 0 Å². The molecule has 1 unspecified atom stereocenters. The zero-order valence-electron chi connectivity index (χ0n) is 10.6. The van der Waals surface area contributed by atoms with Gasteiger partial charge in [0.15, 0.2) is 0 Å². The second kappa shape index (κ2) is 7.33. The Morgan fingerprint density at radius 2 is 2.08 bits per heavy atom. The molecule has 0 spiro atoms. The van der Waals surface area contributed by atoms with Crippen LogP contribution in [0.3, 0.4) is 0 Å². The SMILES string of the molecule is [3H][N-]CC(C)(CC)N(C)[C-](C)CC.[Y]. The van der Waals surface area contributed by atoms with Crippen molar-refractivity contribution in [1.29, 1.82) is 0 Å². The fourth-order valence-electron chi connectivity index (χ4n) is 1.15. The molecule has 0 bridgehead atoms. The van der Waals surface area contributed by atoms with Crippen molar-refractivity contribution in [2.75, 3.05) is 13.6 Å². The Bertz CT molecular complexity index is 146. The molecule has 0 aromatic heterocycles. The van der Waals surface area contributed by atoms with E-state index in [-0.39, 0.29) is 38.2 Å². The van der Waals surface area contributed by atoms with E-state index in [2.05, 4.69) is 45.4 Å². The number of likely N-dealkylation sites (N-methyl/N-ethyl adjacent to an activating group) is 1. The van der Waals surface area contributed by atoms with E-state index in [9.17, 15) is 0 Å². The average molecular weight is 261 g/mol. The molecule has 0 aromatic rings. The molecule has 0 aliphatic carbocycles. The molecular weight excluding hydrogens is 237 g/mol. The summed E-state index contributed by atoms with van der Waals surface area (Å²) in [6.45, 7) is 9.17. The summed E-state index contributed by atoms with van der Waals surface area (Å²) in [5.74, 6) is 0. The largest absolute Gasteiger partial charge is 0.676 e. The van der Waals surface area contributed by atoms with Crippen LogP contribution in [-0.2, 0) is 32.7 Å². The van der Waals surface area contributed by atoms with E-state index in [1.54, 1.807) is 0 Å². The van der Waals surface area contributed by atoms with Crippen molar-refractivity contribution >= 4 is 0 Å². The van der Waals surface area contributed by atoms with Gasteiger partial charge in [-0.15, -0.1) is 6.54 Å².